The summed E-state index contributed by atoms with van der Waals surface area (Å²) in [4.78, 5) is 12.3. The smallest absolute Gasteiger partial charge is 0.253 e. The van der Waals surface area contributed by atoms with Crippen molar-refractivity contribution in [1.82, 2.24) is 5.32 Å². The van der Waals surface area contributed by atoms with Gasteiger partial charge in [-0.3, -0.25) is 4.79 Å². The van der Waals surface area contributed by atoms with E-state index in [0.29, 0.717) is 24.3 Å². The number of halogens is 2. The number of hydrogen-bond donors (Lipinski definition) is 2. The minimum atomic E-state index is -0.428. The van der Waals surface area contributed by atoms with E-state index in [1.54, 1.807) is 6.07 Å². The lowest BCUT2D eigenvalue weighted by Gasteiger charge is -2.26. The number of aromatic hydroxyl groups is 1. The first-order valence-corrected chi connectivity index (χ1v) is 7.14. The van der Waals surface area contributed by atoms with Crippen LogP contribution < -0.4 is 10.1 Å². The number of carbonyl (C=O) groups excluding carboxylic acids is 1. The molecule has 6 heteroatoms. The maximum atomic E-state index is 13.4. The van der Waals surface area contributed by atoms with Gasteiger partial charge in [0.05, 0.1) is 23.2 Å². The molecule has 1 aliphatic rings. The van der Waals surface area contributed by atoms with Gasteiger partial charge in [0, 0.05) is 12.0 Å². The van der Waals surface area contributed by atoms with Gasteiger partial charge in [-0.15, -0.1) is 0 Å². The number of amides is 1. The monoisotopic (exact) mass is 321 g/mol. The molecule has 2 N–H and O–H groups in total. The number of rotatable bonds is 2. The highest BCUT2D eigenvalue weighted by atomic mass is 35.5. The molecule has 1 atom stereocenters. The first-order valence-electron chi connectivity index (χ1n) is 6.76. The molecule has 2 aromatic rings. The van der Waals surface area contributed by atoms with E-state index in [9.17, 15) is 14.3 Å². The van der Waals surface area contributed by atoms with Crippen LogP contribution in [0.15, 0.2) is 36.4 Å². The summed E-state index contributed by atoms with van der Waals surface area (Å²) >= 11 is 5.98. The largest absolute Gasteiger partial charge is 0.508 e. The van der Waals surface area contributed by atoms with E-state index in [0.717, 1.165) is 0 Å². The Morgan fingerprint density at radius 1 is 1.32 bits per heavy atom. The molecule has 1 unspecified atom stereocenters. The van der Waals surface area contributed by atoms with Gasteiger partial charge in [0.25, 0.3) is 5.91 Å². The number of fused-ring (bicyclic) bond motifs is 1. The highest BCUT2D eigenvalue weighted by molar-refractivity contribution is 6.33. The molecule has 2 aromatic carbocycles. The fraction of sp³-hybridized carbons (Fsp3) is 0.188. The lowest BCUT2D eigenvalue weighted by atomic mass is 10.00. The predicted molar refractivity (Wildman–Crippen MR) is 79.8 cm³/mol. The molecule has 1 heterocycles. The SMILES string of the molecule is O=C(NC1CCOc2ccc(F)cc21)c1cc(O)ccc1Cl. The van der Waals surface area contributed by atoms with E-state index < -0.39 is 5.91 Å². The van der Waals surface area contributed by atoms with Crippen molar-refractivity contribution in [2.24, 2.45) is 0 Å². The van der Waals surface area contributed by atoms with E-state index in [2.05, 4.69) is 5.32 Å². The highest BCUT2D eigenvalue weighted by Gasteiger charge is 2.24. The van der Waals surface area contributed by atoms with Crippen LogP contribution in [-0.4, -0.2) is 17.6 Å². The molecule has 0 aliphatic carbocycles. The molecule has 0 fully saturated rings. The standard InChI is InChI=1S/C16H13ClFNO3/c17-13-3-2-10(20)8-11(13)16(21)19-14-5-6-22-15-4-1-9(18)7-12(14)15/h1-4,7-8,14,20H,5-6H2,(H,19,21). The van der Waals surface area contributed by atoms with Gasteiger partial charge >= 0.3 is 0 Å². The lowest BCUT2D eigenvalue weighted by molar-refractivity contribution is 0.0924. The molecule has 3 rings (SSSR count). The maximum Gasteiger partial charge on any atom is 0.253 e. The van der Waals surface area contributed by atoms with Crippen LogP contribution in [-0.2, 0) is 0 Å². The van der Waals surface area contributed by atoms with Crippen LogP contribution in [0.25, 0.3) is 0 Å². The van der Waals surface area contributed by atoms with Crippen LogP contribution in [0.3, 0.4) is 0 Å². The van der Waals surface area contributed by atoms with Crippen LogP contribution in [0.2, 0.25) is 5.02 Å². The number of carbonyl (C=O) groups is 1. The second-order valence-corrected chi connectivity index (χ2v) is 5.42. The lowest BCUT2D eigenvalue weighted by Crippen LogP contribution is -2.32. The molecule has 1 amide bonds. The van der Waals surface area contributed by atoms with E-state index >= 15 is 0 Å². The molecule has 1 aliphatic heterocycles. The second-order valence-electron chi connectivity index (χ2n) is 5.01. The minimum absolute atomic E-state index is 0.0482. The van der Waals surface area contributed by atoms with Gasteiger partial charge in [-0.2, -0.15) is 0 Å². The van der Waals surface area contributed by atoms with Crippen molar-refractivity contribution >= 4 is 17.5 Å². The van der Waals surface area contributed by atoms with Gasteiger partial charge in [0.2, 0.25) is 0 Å². The van der Waals surface area contributed by atoms with Crippen molar-refractivity contribution in [2.45, 2.75) is 12.5 Å². The number of phenolic OH excluding ortho intramolecular Hbond substituents is 1. The summed E-state index contributed by atoms with van der Waals surface area (Å²) in [5.74, 6) is -0.310. The van der Waals surface area contributed by atoms with Crippen LogP contribution >= 0.6 is 11.6 Å². The zero-order valence-electron chi connectivity index (χ0n) is 11.5. The summed E-state index contributed by atoms with van der Waals surface area (Å²) < 4.78 is 18.9. The number of ether oxygens (including phenoxy) is 1. The van der Waals surface area contributed by atoms with Gasteiger partial charge in [0.1, 0.15) is 17.3 Å². The van der Waals surface area contributed by atoms with E-state index in [-0.39, 0.29) is 28.2 Å². The molecule has 22 heavy (non-hydrogen) atoms. The fourth-order valence-corrected chi connectivity index (χ4v) is 2.64. The van der Waals surface area contributed by atoms with Crippen molar-refractivity contribution < 1.29 is 19.0 Å². The normalized spacial score (nSPS) is 16.5. The topological polar surface area (TPSA) is 58.6 Å². The number of hydrogen-bond acceptors (Lipinski definition) is 3. The fourth-order valence-electron chi connectivity index (χ4n) is 2.44. The van der Waals surface area contributed by atoms with Crippen molar-refractivity contribution in [3.05, 3.63) is 58.4 Å². The van der Waals surface area contributed by atoms with Gasteiger partial charge in [-0.25, -0.2) is 4.39 Å². The quantitative estimate of drug-likeness (QED) is 0.891. The zero-order valence-corrected chi connectivity index (χ0v) is 12.2. The first-order chi connectivity index (χ1) is 10.5. The first kappa shape index (κ1) is 14.7. The predicted octanol–water partition coefficient (Wildman–Crippen LogP) is 3.44. The molecule has 0 saturated heterocycles. The van der Waals surface area contributed by atoms with Crippen LogP contribution in [0, 0.1) is 5.82 Å². The third kappa shape index (κ3) is 2.85. The molecule has 0 spiro atoms. The summed E-state index contributed by atoms with van der Waals surface area (Å²) in [5, 5.41) is 12.5. The van der Waals surface area contributed by atoms with Crippen molar-refractivity contribution in [2.75, 3.05) is 6.61 Å². The molecular weight excluding hydrogens is 309 g/mol. The van der Waals surface area contributed by atoms with Crippen molar-refractivity contribution in [3.63, 3.8) is 0 Å². The summed E-state index contributed by atoms with van der Waals surface area (Å²) in [6.07, 6.45) is 0.526. The van der Waals surface area contributed by atoms with Gasteiger partial charge in [-0.05, 0) is 36.4 Å². The molecule has 0 aromatic heterocycles. The van der Waals surface area contributed by atoms with E-state index in [1.165, 1.54) is 30.3 Å². The van der Waals surface area contributed by atoms with Crippen LogP contribution in [0.1, 0.15) is 28.4 Å². The third-order valence-electron chi connectivity index (χ3n) is 3.51. The second kappa shape index (κ2) is 5.85. The Kier molecular flexibility index (Phi) is 3.90. The van der Waals surface area contributed by atoms with E-state index in [4.69, 9.17) is 16.3 Å². The summed E-state index contributed by atoms with van der Waals surface area (Å²) in [6, 6.07) is 7.99. The molecule has 0 bridgehead atoms. The molecule has 4 nitrogen and oxygen atoms in total. The number of phenols is 1. The Hall–Kier alpha value is -2.27. The zero-order chi connectivity index (χ0) is 15.7. The minimum Gasteiger partial charge on any atom is -0.508 e. The molecule has 0 saturated carbocycles. The number of nitrogens with one attached hydrogen (secondary N) is 1. The molecule has 114 valence electrons. The Morgan fingerprint density at radius 2 is 2.14 bits per heavy atom. The Labute approximate surface area is 131 Å². The third-order valence-corrected chi connectivity index (χ3v) is 3.84. The Bertz CT molecular complexity index is 735. The average molecular weight is 322 g/mol. The molecule has 0 radical (unpaired) electrons. The summed E-state index contributed by atoms with van der Waals surface area (Å²) in [5.41, 5.74) is 0.766. The van der Waals surface area contributed by atoms with Crippen LogP contribution in [0.5, 0.6) is 11.5 Å². The number of benzene rings is 2. The Morgan fingerprint density at radius 3 is 2.95 bits per heavy atom. The van der Waals surface area contributed by atoms with E-state index in [1.807, 2.05) is 0 Å². The van der Waals surface area contributed by atoms with Crippen molar-refractivity contribution in [3.8, 4) is 11.5 Å². The average Bonchev–Trinajstić information content (AvgIpc) is 2.50. The summed E-state index contributed by atoms with van der Waals surface area (Å²) in [7, 11) is 0. The highest BCUT2D eigenvalue weighted by Crippen LogP contribution is 2.33. The van der Waals surface area contributed by atoms with Crippen molar-refractivity contribution in [1.29, 1.82) is 0 Å². The molecular formula is C16H13ClFNO3. The van der Waals surface area contributed by atoms with Gasteiger partial charge < -0.3 is 15.2 Å². The van der Waals surface area contributed by atoms with Gasteiger partial charge in [0.15, 0.2) is 0 Å². The Balaban J connectivity index is 1.87. The van der Waals surface area contributed by atoms with Crippen LogP contribution in [0.4, 0.5) is 4.39 Å². The summed E-state index contributed by atoms with van der Waals surface area (Å²) in [6.45, 7) is 0.428. The van der Waals surface area contributed by atoms with Gasteiger partial charge in [-0.1, -0.05) is 11.6 Å². The maximum absolute atomic E-state index is 13.4.